The summed E-state index contributed by atoms with van der Waals surface area (Å²) in [6.07, 6.45) is 4.30. The second kappa shape index (κ2) is 6.67. The predicted octanol–water partition coefficient (Wildman–Crippen LogP) is 5.57. The van der Waals surface area contributed by atoms with Gasteiger partial charge in [-0.15, -0.1) is 0 Å². The van der Waals surface area contributed by atoms with E-state index in [2.05, 4.69) is 47.5 Å². The van der Waals surface area contributed by atoms with E-state index in [1.54, 1.807) is 7.11 Å². The van der Waals surface area contributed by atoms with Crippen LogP contribution in [-0.2, 0) is 0 Å². The van der Waals surface area contributed by atoms with E-state index < -0.39 is 0 Å². The van der Waals surface area contributed by atoms with Gasteiger partial charge in [-0.1, -0.05) is 60.7 Å². The molecule has 0 spiro atoms. The quantitative estimate of drug-likeness (QED) is 0.329. The van der Waals surface area contributed by atoms with Crippen molar-refractivity contribution in [3.8, 4) is 5.75 Å². The number of ether oxygens (including phenoxy) is 1. The van der Waals surface area contributed by atoms with E-state index in [4.69, 9.17) is 10.5 Å². The van der Waals surface area contributed by atoms with Gasteiger partial charge in [0.05, 0.1) is 18.5 Å². The number of hydrogen-bond donors (Lipinski definition) is 1. The maximum atomic E-state index is 6.41. The molecule has 0 saturated carbocycles. The lowest BCUT2D eigenvalue weighted by atomic mass is 10.0. The molecule has 2 N–H and O–H groups in total. The van der Waals surface area contributed by atoms with Crippen LogP contribution < -0.4 is 15.4 Å². The maximum Gasteiger partial charge on any atom is 0.200 e. The van der Waals surface area contributed by atoms with Crippen LogP contribution in [0.3, 0.4) is 0 Å². The van der Waals surface area contributed by atoms with Gasteiger partial charge in [0, 0.05) is 24.1 Å². The van der Waals surface area contributed by atoms with Crippen molar-refractivity contribution in [3.05, 3.63) is 77.9 Å². The number of hydrogen-bond acceptors (Lipinski definition) is 2. The Morgan fingerprint density at radius 3 is 2.62 bits per heavy atom. The Bertz CT molecular complexity index is 1320. The predicted molar refractivity (Wildman–Crippen MR) is 123 cm³/mol. The first-order valence-corrected chi connectivity index (χ1v) is 9.54. The molecule has 29 heavy (non-hydrogen) atoms. The molecule has 0 amide bonds. The second-order valence-corrected chi connectivity index (χ2v) is 7.18. The largest absolute Gasteiger partial charge is 0.496 e. The van der Waals surface area contributed by atoms with Gasteiger partial charge in [0.15, 0.2) is 0 Å². The van der Waals surface area contributed by atoms with Crippen molar-refractivity contribution >= 4 is 51.0 Å². The second-order valence-electron chi connectivity index (χ2n) is 7.18. The third-order valence-electron chi connectivity index (χ3n) is 5.50. The van der Waals surface area contributed by atoms with Crippen molar-refractivity contribution in [2.75, 3.05) is 19.1 Å². The van der Waals surface area contributed by atoms with Crippen LogP contribution in [0, 0.1) is 0 Å². The Balaban J connectivity index is 1.57. The van der Waals surface area contributed by atoms with E-state index in [0.717, 1.165) is 27.9 Å². The molecule has 0 fully saturated rings. The minimum absolute atomic E-state index is 0.427. The highest BCUT2D eigenvalue weighted by Gasteiger charge is 2.17. The molecule has 4 heteroatoms. The number of aliphatic imine (C=N–C) groups is 1. The van der Waals surface area contributed by atoms with Crippen LogP contribution in [0.25, 0.3) is 33.7 Å². The first-order valence-electron chi connectivity index (χ1n) is 9.54. The highest BCUT2D eigenvalue weighted by molar-refractivity contribution is 6.11. The van der Waals surface area contributed by atoms with E-state index in [9.17, 15) is 0 Å². The molecule has 1 aliphatic rings. The van der Waals surface area contributed by atoms with E-state index in [-0.39, 0.29) is 0 Å². The van der Waals surface area contributed by atoms with Gasteiger partial charge in [0.25, 0.3) is 0 Å². The topological polar surface area (TPSA) is 50.9 Å². The standard InChI is InChI=1S/C25H21N3O/c1-28(22-13-11-17-8-5-7-16-10-12-21(22)24(16)17)25(26)27-19-14-18-6-3-4-9-20(18)23(15-19)29-2/h3-15H,1-2H3,(H2,26,27). The molecule has 4 nitrogen and oxygen atoms in total. The molecule has 0 aromatic heterocycles. The molecule has 5 rings (SSSR count). The van der Waals surface area contributed by atoms with Crippen molar-refractivity contribution in [2.45, 2.75) is 0 Å². The van der Waals surface area contributed by atoms with Crippen molar-refractivity contribution in [2.24, 2.45) is 10.7 Å². The summed E-state index contributed by atoms with van der Waals surface area (Å²) in [5.41, 5.74) is 10.6. The molecule has 142 valence electrons. The molecule has 0 radical (unpaired) electrons. The van der Waals surface area contributed by atoms with E-state index >= 15 is 0 Å². The van der Waals surface area contributed by atoms with Gasteiger partial charge in [0.1, 0.15) is 5.75 Å². The third-order valence-corrected chi connectivity index (χ3v) is 5.50. The smallest absolute Gasteiger partial charge is 0.200 e. The molecule has 0 bridgehead atoms. The van der Waals surface area contributed by atoms with Gasteiger partial charge in [0.2, 0.25) is 5.96 Å². The fraction of sp³-hybridized carbons (Fsp3) is 0.0800. The number of rotatable bonds is 3. The SMILES string of the molecule is COc1cc(N=C(N)N(C)c2ccc3cccc4c3c2C=C4)cc2ccccc12. The van der Waals surface area contributed by atoms with Crippen LogP contribution in [0.1, 0.15) is 11.1 Å². The van der Waals surface area contributed by atoms with Crippen LogP contribution in [0.15, 0.2) is 71.7 Å². The number of methoxy groups -OCH3 is 1. The summed E-state index contributed by atoms with van der Waals surface area (Å²) in [7, 11) is 3.62. The van der Waals surface area contributed by atoms with Gasteiger partial charge in [-0.3, -0.25) is 0 Å². The van der Waals surface area contributed by atoms with Gasteiger partial charge in [-0.05, 0) is 33.9 Å². The van der Waals surface area contributed by atoms with Crippen molar-refractivity contribution < 1.29 is 4.74 Å². The first kappa shape index (κ1) is 17.3. The monoisotopic (exact) mass is 379 g/mol. The van der Waals surface area contributed by atoms with Crippen LogP contribution in [0.2, 0.25) is 0 Å². The number of benzene rings is 4. The third kappa shape index (κ3) is 2.81. The molecule has 0 saturated heterocycles. The Hall–Kier alpha value is -3.79. The number of nitrogens with zero attached hydrogens (tertiary/aromatic N) is 2. The first-order chi connectivity index (χ1) is 14.2. The number of nitrogens with two attached hydrogens (primary N) is 1. The lowest BCUT2D eigenvalue weighted by Crippen LogP contribution is -2.34. The van der Waals surface area contributed by atoms with Crippen LogP contribution in [0.4, 0.5) is 11.4 Å². The molecular formula is C25H21N3O. The Labute approximate surface area is 169 Å². The number of fused-ring (bicyclic) bond motifs is 1. The maximum absolute atomic E-state index is 6.41. The van der Waals surface area contributed by atoms with E-state index in [1.807, 2.05) is 48.3 Å². The highest BCUT2D eigenvalue weighted by Crippen LogP contribution is 2.37. The minimum Gasteiger partial charge on any atom is -0.496 e. The fourth-order valence-electron chi connectivity index (χ4n) is 4.02. The highest BCUT2D eigenvalue weighted by atomic mass is 16.5. The summed E-state index contributed by atoms with van der Waals surface area (Å²) < 4.78 is 5.55. The summed E-state index contributed by atoms with van der Waals surface area (Å²) in [6, 6.07) is 22.6. The summed E-state index contributed by atoms with van der Waals surface area (Å²) in [5.74, 6) is 1.21. The number of guanidine groups is 1. The summed E-state index contributed by atoms with van der Waals surface area (Å²) in [6.45, 7) is 0. The van der Waals surface area contributed by atoms with Gasteiger partial charge in [-0.2, -0.15) is 0 Å². The Morgan fingerprint density at radius 1 is 0.931 bits per heavy atom. The average Bonchev–Trinajstić information content (AvgIpc) is 3.19. The van der Waals surface area contributed by atoms with Crippen molar-refractivity contribution in [1.82, 2.24) is 0 Å². The van der Waals surface area contributed by atoms with Crippen molar-refractivity contribution in [1.29, 1.82) is 0 Å². The molecule has 4 aromatic carbocycles. The Morgan fingerprint density at radius 2 is 1.76 bits per heavy atom. The zero-order valence-electron chi connectivity index (χ0n) is 16.4. The van der Waals surface area contributed by atoms with Crippen LogP contribution in [0.5, 0.6) is 5.75 Å². The molecule has 4 aromatic rings. The van der Waals surface area contributed by atoms with Crippen molar-refractivity contribution in [3.63, 3.8) is 0 Å². The van der Waals surface area contributed by atoms with E-state index in [1.165, 1.54) is 21.9 Å². The molecule has 0 unspecified atom stereocenters. The summed E-state index contributed by atoms with van der Waals surface area (Å²) >= 11 is 0. The molecular weight excluding hydrogens is 358 g/mol. The van der Waals surface area contributed by atoms with E-state index in [0.29, 0.717) is 5.96 Å². The Kier molecular flexibility index (Phi) is 3.98. The lowest BCUT2D eigenvalue weighted by molar-refractivity contribution is 0.420. The summed E-state index contributed by atoms with van der Waals surface area (Å²) in [5, 5.41) is 4.62. The van der Waals surface area contributed by atoms with Gasteiger partial charge < -0.3 is 15.4 Å². The fourth-order valence-corrected chi connectivity index (χ4v) is 4.02. The molecule has 0 aliphatic heterocycles. The normalized spacial score (nSPS) is 12.7. The molecule has 1 aliphatic carbocycles. The zero-order valence-corrected chi connectivity index (χ0v) is 16.4. The molecule has 0 heterocycles. The average molecular weight is 379 g/mol. The van der Waals surface area contributed by atoms with Gasteiger partial charge in [-0.25, -0.2) is 4.99 Å². The van der Waals surface area contributed by atoms with Crippen LogP contribution >= 0.6 is 0 Å². The van der Waals surface area contributed by atoms with Crippen LogP contribution in [-0.4, -0.2) is 20.1 Å². The zero-order chi connectivity index (χ0) is 20.0. The number of anilines is 1. The lowest BCUT2D eigenvalue weighted by Gasteiger charge is -2.21. The van der Waals surface area contributed by atoms with Gasteiger partial charge >= 0.3 is 0 Å². The minimum atomic E-state index is 0.427. The molecule has 0 atom stereocenters. The summed E-state index contributed by atoms with van der Waals surface area (Å²) in [4.78, 5) is 6.62.